The third-order valence-electron chi connectivity index (χ3n) is 7.28. The number of pyridine rings is 1. The molecule has 1 spiro atoms. The van der Waals surface area contributed by atoms with Gasteiger partial charge >= 0.3 is 0 Å². The van der Waals surface area contributed by atoms with Gasteiger partial charge in [-0.25, -0.2) is 4.98 Å². The second kappa shape index (κ2) is 6.08. The van der Waals surface area contributed by atoms with Crippen molar-refractivity contribution in [2.75, 3.05) is 13.1 Å². The molecule has 3 aromatic heterocycles. The number of carbonyl (C=O) groups is 1. The SMILES string of the molecule is N#CC1(C(=O)N2CCC3(CC2)CCn2nc(-c4cnc5[nH]cc(Cl)c5c4)cc23)CC1. The fraction of sp³-hybridized carbons (Fsp3) is 0.455. The maximum Gasteiger partial charge on any atom is 0.243 e. The Bertz CT molecular complexity index is 1220. The number of hydrogen-bond acceptors (Lipinski definition) is 4. The molecule has 1 aliphatic carbocycles. The van der Waals surface area contributed by atoms with Gasteiger partial charge < -0.3 is 9.88 Å². The van der Waals surface area contributed by atoms with Gasteiger partial charge in [0, 0.05) is 54.1 Å². The number of rotatable bonds is 2. The molecule has 2 aliphatic heterocycles. The highest BCUT2D eigenvalue weighted by molar-refractivity contribution is 6.35. The third kappa shape index (κ3) is 2.46. The van der Waals surface area contributed by atoms with Crippen LogP contribution in [0, 0.1) is 16.7 Å². The second-order valence-corrected chi connectivity index (χ2v) is 9.32. The molecule has 0 atom stereocenters. The predicted octanol–water partition coefficient (Wildman–Crippen LogP) is 3.65. The number of aromatic amines is 1. The number of piperidine rings is 1. The molecule has 1 amide bonds. The van der Waals surface area contributed by atoms with Crippen molar-refractivity contribution in [3.63, 3.8) is 0 Å². The Morgan fingerprint density at radius 2 is 1.93 bits per heavy atom. The van der Waals surface area contributed by atoms with Gasteiger partial charge in [-0.05, 0) is 44.2 Å². The van der Waals surface area contributed by atoms with Gasteiger partial charge in [-0.1, -0.05) is 11.6 Å². The molecule has 1 saturated carbocycles. The molecule has 1 N–H and O–H groups in total. The van der Waals surface area contributed by atoms with Crippen LogP contribution in [0.3, 0.4) is 0 Å². The van der Waals surface area contributed by atoms with E-state index in [9.17, 15) is 10.1 Å². The lowest BCUT2D eigenvalue weighted by atomic mass is 9.74. The normalized spacial score (nSPS) is 21.0. The van der Waals surface area contributed by atoms with Crippen LogP contribution in [0.25, 0.3) is 22.3 Å². The first-order valence-electron chi connectivity index (χ1n) is 10.5. The quantitative estimate of drug-likeness (QED) is 0.685. The molecular weight excluding hydrogens is 400 g/mol. The molecule has 0 unspecified atom stereocenters. The lowest BCUT2D eigenvalue weighted by Gasteiger charge is -2.39. The number of aromatic nitrogens is 4. The number of halogens is 1. The van der Waals surface area contributed by atoms with E-state index in [-0.39, 0.29) is 11.3 Å². The van der Waals surface area contributed by atoms with Gasteiger partial charge in [-0.3, -0.25) is 9.48 Å². The summed E-state index contributed by atoms with van der Waals surface area (Å²) >= 11 is 6.26. The zero-order chi connectivity index (χ0) is 20.5. The van der Waals surface area contributed by atoms with Crippen LogP contribution in [0.5, 0.6) is 0 Å². The van der Waals surface area contributed by atoms with E-state index >= 15 is 0 Å². The molecule has 152 valence electrons. The lowest BCUT2D eigenvalue weighted by Crippen LogP contribution is -2.46. The number of aryl methyl sites for hydroxylation is 1. The monoisotopic (exact) mass is 420 g/mol. The highest BCUT2D eigenvalue weighted by atomic mass is 35.5. The van der Waals surface area contributed by atoms with E-state index in [2.05, 4.69) is 26.8 Å². The van der Waals surface area contributed by atoms with E-state index in [1.54, 1.807) is 6.20 Å². The minimum absolute atomic E-state index is 0.0369. The summed E-state index contributed by atoms with van der Waals surface area (Å²) in [5, 5.41) is 15.8. The van der Waals surface area contributed by atoms with Crippen LogP contribution in [0.1, 0.15) is 37.8 Å². The zero-order valence-corrected chi connectivity index (χ0v) is 17.2. The van der Waals surface area contributed by atoms with Crippen molar-refractivity contribution in [1.29, 1.82) is 5.26 Å². The third-order valence-corrected chi connectivity index (χ3v) is 7.60. The van der Waals surface area contributed by atoms with Crippen molar-refractivity contribution in [2.24, 2.45) is 5.41 Å². The van der Waals surface area contributed by atoms with Crippen molar-refractivity contribution in [3.8, 4) is 17.3 Å². The van der Waals surface area contributed by atoms with Gasteiger partial charge in [0.1, 0.15) is 11.1 Å². The topological polar surface area (TPSA) is 90.6 Å². The first-order chi connectivity index (χ1) is 14.5. The number of fused-ring (bicyclic) bond motifs is 3. The average Bonchev–Trinajstić information content (AvgIpc) is 3.16. The van der Waals surface area contributed by atoms with E-state index in [1.807, 2.05) is 17.2 Å². The molecular formula is C22H21ClN6O. The van der Waals surface area contributed by atoms with Crippen LogP contribution in [-0.4, -0.2) is 43.6 Å². The highest BCUT2D eigenvalue weighted by Gasteiger charge is 2.54. The molecule has 0 bridgehead atoms. The Labute approximate surface area is 178 Å². The van der Waals surface area contributed by atoms with Gasteiger partial charge in [0.2, 0.25) is 5.91 Å². The van der Waals surface area contributed by atoms with Gasteiger partial charge in [-0.2, -0.15) is 10.4 Å². The van der Waals surface area contributed by atoms with E-state index in [4.69, 9.17) is 16.7 Å². The van der Waals surface area contributed by atoms with Gasteiger partial charge in [0.15, 0.2) is 0 Å². The van der Waals surface area contributed by atoms with Crippen molar-refractivity contribution in [1.82, 2.24) is 24.6 Å². The first-order valence-corrected chi connectivity index (χ1v) is 10.8. The van der Waals surface area contributed by atoms with E-state index in [0.717, 1.165) is 61.2 Å². The van der Waals surface area contributed by atoms with Crippen molar-refractivity contribution < 1.29 is 4.79 Å². The Balaban J connectivity index is 1.26. The number of likely N-dealkylation sites (tertiary alicyclic amines) is 1. The van der Waals surface area contributed by atoms with Crippen molar-refractivity contribution >= 4 is 28.5 Å². The molecule has 0 aromatic carbocycles. The Hall–Kier alpha value is -2.85. The molecule has 0 radical (unpaired) electrons. The minimum atomic E-state index is -0.722. The Kier molecular flexibility index (Phi) is 3.64. The maximum absolute atomic E-state index is 12.7. The summed E-state index contributed by atoms with van der Waals surface area (Å²) in [6, 6.07) is 6.46. The van der Waals surface area contributed by atoms with Gasteiger partial charge in [0.25, 0.3) is 0 Å². The standard InChI is InChI=1S/C22H21ClN6O/c23-16-12-26-19-15(16)9-14(11-25-19)17-10-18-21(5-8-29(18)27-17)3-6-28(7-4-21)20(30)22(13-24)1-2-22/h9-12H,1-8H2,(H,25,26). The van der Waals surface area contributed by atoms with Gasteiger partial charge in [-0.15, -0.1) is 0 Å². The number of amides is 1. The summed E-state index contributed by atoms with van der Waals surface area (Å²) in [5.74, 6) is 0.0369. The predicted molar refractivity (Wildman–Crippen MR) is 112 cm³/mol. The van der Waals surface area contributed by atoms with E-state index in [0.29, 0.717) is 17.9 Å². The number of carbonyl (C=O) groups excluding carboxylic acids is 1. The highest BCUT2D eigenvalue weighted by Crippen LogP contribution is 2.49. The molecule has 6 rings (SSSR count). The maximum atomic E-state index is 12.7. The molecule has 5 heterocycles. The summed E-state index contributed by atoms with van der Waals surface area (Å²) in [6.07, 6.45) is 7.91. The Morgan fingerprint density at radius 1 is 1.17 bits per heavy atom. The molecule has 1 saturated heterocycles. The number of nitrogens with zero attached hydrogens (tertiary/aromatic N) is 5. The van der Waals surface area contributed by atoms with Crippen LogP contribution < -0.4 is 0 Å². The van der Waals surface area contributed by atoms with Gasteiger partial charge in [0.05, 0.1) is 16.8 Å². The van der Waals surface area contributed by atoms with Crippen LogP contribution >= 0.6 is 11.6 Å². The molecule has 2 fully saturated rings. The molecule has 7 nitrogen and oxygen atoms in total. The summed E-state index contributed by atoms with van der Waals surface area (Å²) in [6.45, 7) is 2.33. The number of nitrogens with one attached hydrogen (secondary N) is 1. The largest absolute Gasteiger partial charge is 0.345 e. The van der Waals surface area contributed by atoms with E-state index in [1.165, 1.54) is 5.69 Å². The average molecular weight is 421 g/mol. The van der Waals surface area contributed by atoms with Crippen molar-refractivity contribution in [2.45, 2.75) is 44.1 Å². The van der Waals surface area contributed by atoms with Crippen LogP contribution in [0.2, 0.25) is 5.02 Å². The summed E-state index contributed by atoms with van der Waals surface area (Å²) < 4.78 is 2.12. The zero-order valence-electron chi connectivity index (χ0n) is 16.5. The van der Waals surface area contributed by atoms with Crippen LogP contribution in [-0.2, 0) is 16.8 Å². The first kappa shape index (κ1) is 18.0. The molecule has 3 aromatic rings. The fourth-order valence-corrected chi connectivity index (χ4v) is 5.36. The second-order valence-electron chi connectivity index (χ2n) is 8.91. The molecule has 30 heavy (non-hydrogen) atoms. The Morgan fingerprint density at radius 3 is 2.67 bits per heavy atom. The number of hydrogen-bond donors (Lipinski definition) is 1. The molecule has 8 heteroatoms. The summed E-state index contributed by atoms with van der Waals surface area (Å²) in [4.78, 5) is 22.2. The summed E-state index contributed by atoms with van der Waals surface area (Å²) in [7, 11) is 0. The van der Waals surface area contributed by atoms with Crippen molar-refractivity contribution in [3.05, 3.63) is 35.2 Å². The van der Waals surface area contributed by atoms with Crippen LogP contribution in [0.4, 0.5) is 0 Å². The molecule has 3 aliphatic rings. The summed E-state index contributed by atoms with van der Waals surface area (Å²) in [5.41, 5.74) is 3.24. The van der Waals surface area contributed by atoms with Crippen LogP contribution in [0.15, 0.2) is 24.5 Å². The minimum Gasteiger partial charge on any atom is -0.345 e. The smallest absolute Gasteiger partial charge is 0.243 e. The fourth-order valence-electron chi connectivity index (χ4n) is 5.16. The number of H-pyrrole nitrogens is 1. The van der Waals surface area contributed by atoms with E-state index < -0.39 is 5.41 Å². The number of nitriles is 1. The lowest BCUT2D eigenvalue weighted by molar-refractivity contribution is -0.136.